The average molecular weight is 272 g/mol. The molecule has 0 spiro atoms. The first-order valence-corrected chi connectivity index (χ1v) is 6.38. The van der Waals surface area contributed by atoms with E-state index in [9.17, 15) is 4.39 Å². The Morgan fingerprint density at radius 1 is 1.41 bits per heavy atom. The van der Waals surface area contributed by atoms with Crippen molar-refractivity contribution in [2.24, 2.45) is 0 Å². The lowest BCUT2D eigenvalue weighted by atomic mass is 10.2. The molecule has 0 unspecified atom stereocenters. The number of rotatable bonds is 4. The normalized spacial score (nSPS) is 10.8. The third-order valence-corrected chi connectivity index (χ3v) is 3.42. The van der Waals surface area contributed by atoms with Crippen LogP contribution in [0.15, 0.2) is 18.2 Å². The zero-order chi connectivity index (χ0) is 12.3. The van der Waals surface area contributed by atoms with Crippen molar-refractivity contribution in [1.29, 1.82) is 0 Å². The van der Waals surface area contributed by atoms with Crippen LogP contribution in [0.2, 0.25) is 5.02 Å². The molecule has 1 N–H and O–H groups in total. The standard InChI is InChI=1S/C11H11ClFN3S/c1-2-14-6-10-15-16-11(17-10)8-4-3-7(13)5-9(8)12/h3-5,14H,2,6H2,1H3. The summed E-state index contributed by atoms with van der Waals surface area (Å²) in [5.41, 5.74) is 0.716. The number of aromatic nitrogens is 2. The van der Waals surface area contributed by atoms with Crippen LogP contribution in [0.1, 0.15) is 11.9 Å². The van der Waals surface area contributed by atoms with Gasteiger partial charge in [0.25, 0.3) is 0 Å². The highest BCUT2D eigenvalue weighted by Crippen LogP contribution is 2.30. The summed E-state index contributed by atoms with van der Waals surface area (Å²) in [6.45, 7) is 3.60. The molecule has 0 fully saturated rings. The van der Waals surface area contributed by atoms with Gasteiger partial charge in [-0.3, -0.25) is 0 Å². The molecule has 0 saturated carbocycles. The Bertz CT molecular complexity index is 515. The number of nitrogens with zero attached hydrogens (tertiary/aromatic N) is 2. The van der Waals surface area contributed by atoms with Gasteiger partial charge in [0.1, 0.15) is 15.8 Å². The fourth-order valence-corrected chi connectivity index (χ4v) is 2.49. The Labute approximate surface area is 108 Å². The number of hydrogen-bond donors (Lipinski definition) is 1. The molecule has 6 heteroatoms. The van der Waals surface area contributed by atoms with E-state index in [0.29, 0.717) is 22.1 Å². The summed E-state index contributed by atoms with van der Waals surface area (Å²) in [4.78, 5) is 0. The van der Waals surface area contributed by atoms with Gasteiger partial charge in [-0.25, -0.2) is 4.39 Å². The van der Waals surface area contributed by atoms with Crippen molar-refractivity contribution in [2.75, 3.05) is 6.54 Å². The summed E-state index contributed by atoms with van der Waals surface area (Å²) < 4.78 is 12.9. The van der Waals surface area contributed by atoms with Crippen LogP contribution < -0.4 is 5.32 Å². The van der Waals surface area contributed by atoms with Crippen molar-refractivity contribution in [2.45, 2.75) is 13.5 Å². The Hall–Kier alpha value is -1.04. The van der Waals surface area contributed by atoms with Gasteiger partial charge in [-0.1, -0.05) is 29.9 Å². The summed E-state index contributed by atoms with van der Waals surface area (Å²) in [6.07, 6.45) is 0. The summed E-state index contributed by atoms with van der Waals surface area (Å²) in [6, 6.07) is 4.27. The van der Waals surface area contributed by atoms with Crippen LogP contribution >= 0.6 is 22.9 Å². The average Bonchev–Trinajstić information content (AvgIpc) is 2.75. The second-order valence-corrected chi connectivity index (χ2v) is 4.87. The molecule has 1 aromatic carbocycles. The van der Waals surface area contributed by atoms with Crippen LogP contribution in [0, 0.1) is 5.82 Å². The SMILES string of the molecule is CCNCc1nnc(-c2ccc(F)cc2Cl)s1. The molecule has 0 amide bonds. The second-order valence-electron chi connectivity index (χ2n) is 3.41. The second kappa shape index (κ2) is 5.53. The molecule has 0 aliphatic heterocycles. The number of benzene rings is 1. The van der Waals surface area contributed by atoms with E-state index in [1.54, 1.807) is 6.07 Å². The van der Waals surface area contributed by atoms with Crippen LogP contribution in [0.4, 0.5) is 4.39 Å². The van der Waals surface area contributed by atoms with E-state index >= 15 is 0 Å². The molecule has 0 saturated heterocycles. The predicted molar refractivity (Wildman–Crippen MR) is 67.7 cm³/mol. The van der Waals surface area contributed by atoms with Gasteiger partial charge in [-0.2, -0.15) is 0 Å². The lowest BCUT2D eigenvalue weighted by Crippen LogP contribution is -2.11. The summed E-state index contributed by atoms with van der Waals surface area (Å²) in [5.74, 6) is -0.351. The minimum atomic E-state index is -0.351. The van der Waals surface area contributed by atoms with Crippen LogP contribution in [-0.2, 0) is 6.54 Å². The molecule has 2 rings (SSSR count). The van der Waals surface area contributed by atoms with Gasteiger partial charge < -0.3 is 5.32 Å². The third kappa shape index (κ3) is 3.00. The van der Waals surface area contributed by atoms with Gasteiger partial charge in [-0.15, -0.1) is 10.2 Å². The molecule has 17 heavy (non-hydrogen) atoms. The molecule has 0 bridgehead atoms. The number of nitrogens with one attached hydrogen (secondary N) is 1. The smallest absolute Gasteiger partial charge is 0.149 e. The third-order valence-electron chi connectivity index (χ3n) is 2.15. The van der Waals surface area contributed by atoms with E-state index in [1.165, 1.54) is 23.5 Å². The van der Waals surface area contributed by atoms with E-state index < -0.39 is 0 Å². The quantitative estimate of drug-likeness (QED) is 0.929. The molecule has 0 atom stereocenters. The van der Waals surface area contributed by atoms with Crippen molar-refractivity contribution >= 4 is 22.9 Å². The van der Waals surface area contributed by atoms with Gasteiger partial charge >= 0.3 is 0 Å². The van der Waals surface area contributed by atoms with Crippen molar-refractivity contribution < 1.29 is 4.39 Å². The molecule has 3 nitrogen and oxygen atoms in total. The highest BCUT2D eigenvalue weighted by atomic mass is 35.5. The van der Waals surface area contributed by atoms with E-state index in [1.807, 2.05) is 6.92 Å². The molecule has 1 heterocycles. The molecule has 0 aliphatic carbocycles. The van der Waals surface area contributed by atoms with Crippen LogP contribution in [-0.4, -0.2) is 16.7 Å². The zero-order valence-electron chi connectivity index (χ0n) is 9.20. The molecule has 2 aromatic rings. The molecular weight excluding hydrogens is 261 g/mol. The molecular formula is C11H11ClFN3S. The Kier molecular flexibility index (Phi) is 4.04. The maximum Gasteiger partial charge on any atom is 0.149 e. The number of halogens is 2. The van der Waals surface area contributed by atoms with Crippen molar-refractivity contribution in [1.82, 2.24) is 15.5 Å². The first-order valence-electron chi connectivity index (χ1n) is 5.19. The Balaban J connectivity index is 2.24. The van der Waals surface area contributed by atoms with Crippen LogP contribution in [0.3, 0.4) is 0 Å². The maximum absolute atomic E-state index is 12.9. The van der Waals surface area contributed by atoms with E-state index in [4.69, 9.17) is 11.6 Å². The molecule has 90 valence electrons. The summed E-state index contributed by atoms with van der Waals surface area (Å²) >= 11 is 7.42. The molecule has 0 aliphatic rings. The van der Waals surface area contributed by atoms with Gasteiger partial charge in [0.2, 0.25) is 0 Å². The van der Waals surface area contributed by atoms with Gasteiger partial charge in [0.15, 0.2) is 0 Å². The first kappa shape index (κ1) is 12.4. The van der Waals surface area contributed by atoms with E-state index in [-0.39, 0.29) is 5.82 Å². The molecule has 1 aromatic heterocycles. The van der Waals surface area contributed by atoms with Crippen molar-refractivity contribution in [3.05, 3.63) is 34.0 Å². The topological polar surface area (TPSA) is 37.8 Å². The zero-order valence-corrected chi connectivity index (χ0v) is 10.8. The lowest BCUT2D eigenvalue weighted by Gasteiger charge is -1.98. The lowest BCUT2D eigenvalue weighted by molar-refractivity contribution is 0.628. The van der Waals surface area contributed by atoms with Crippen molar-refractivity contribution in [3.8, 4) is 10.6 Å². The number of hydrogen-bond acceptors (Lipinski definition) is 4. The highest BCUT2D eigenvalue weighted by molar-refractivity contribution is 7.14. The monoisotopic (exact) mass is 271 g/mol. The highest BCUT2D eigenvalue weighted by Gasteiger charge is 2.10. The van der Waals surface area contributed by atoms with Gasteiger partial charge in [-0.05, 0) is 24.7 Å². The largest absolute Gasteiger partial charge is 0.311 e. The van der Waals surface area contributed by atoms with Gasteiger partial charge in [0, 0.05) is 12.1 Å². The fraction of sp³-hybridized carbons (Fsp3) is 0.273. The first-order chi connectivity index (χ1) is 8.20. The summed E-state index contributed by atoms with van der Waals surface area (Å²) in [7, 11) is 0. The van der Waals surface area contributed by atoms with E-state index in [2.05, 4.69) is 15.5 Å². The van der Waals surface area contributed by atoms with Crippen LogP contribution in [0.5, 0.6) is 0 Å². The van der Waals surface area contributed by atoms with Crippen LogP contribution in [0.25, 0.3) is 10.6 Å². The maximum atomic E-state index is 12.9. The predicted octanol–water partition coefficient (Wildman–Crippen LogP) is 3.11. The Morgan fingerprint density at radius 2 is 2.24 bits per heavy atom. The minimum absolute atomic E-state index is 0.351. The van der Waals surface area contributed by atoms with Crippen molar-refractivity contribution in [3.63, 3.8) is 0 Å². The fourth-order valence-electron chi connectivity index (χ4n) is 1.33. The minimum Gasteiger partial charge on any atom is -0.311 e. The van der Waals surface area contributed by atoms with Gasteiger partial charge in [0.05, 0.1) is 5.02 Å². The summed E-state index contributed by atoms with van der Waals surface area (Å²) in [5, 5.41) is 13.2. The molecule has 0 radical (unpaired) electrons. The van der Waals surface area contributed by atoms with E-state index in [0.717, 1.165) is 11.6 Å². The Morgan fingerprint density at radius 3 is 2.94 bits per heavy atom.